The summed E-state index contributed by atoms with van der Waals surface area (Å²) in [5, 5.41) is 2.88. The first-order valence-corrected chi connectivity index (χ1v) is 10.1. The number of aromatic nitrogens is 1. The average molecular weight is 420 g/mol. The van der Waals surface area contributed by atoms with E-state index in [0.29, 0.717) is 11.4 Å². The molecule has 1 amide bonds. The molecule has 1 N–H and O–H groups in total. The van der Waals surface area contributed by atoms with Gasteiger partial charge in [0.25, 0.3) is 0 Å². The summed E-state index contributed by atoms with van der Waals surface area (Å²) in [6, 6.07) is 11.7. The molecular formula is C25H29N3O3. The molecule has 0 saturated carbocycles. The number of rotatable bonds is 7. The highest BCUT2D eigenvalue weighted by Gasteiger charge is 2.23. The predicted molar refractivity (Wildman–Crippen MR) is 125 cm³/mol. The van der Waals surface area contributed by atoms with Crippen molar-refractivity contribution in [1.29, 1.82) is 0 Å². The Balaban J connectivity index is 2.07. The number of anilines is 2. The number of nitrogens with one attached hydrogen (secondary N) is 1. The summed E-state index contributed by atoms with van der Waals surface area (Å²) < 4.78 is 11.4. The Bertz CT molecular complexity index is 1080. The second kappa shape index (κ2) is 9.51. The molecule has 6 nitrogen and oxygen atoms in total. The summed E-state index contributed by atoms with van der Waals surface area (Å²) in [6.45, 7) is 6.41. The molecule has 1 aromatic heterocycles. The summed E-state index contributed by atoms with van der Waals surface area (Å²) in [7, 11) is 5.16. The normalized spacial score (nSPS) is 10.5. The topological polar surface area (TPSA) is 63.7 Å². The van der Waals surface area contributed by atoms with E-state index in [1.54, 1.807) is 38.7 Å². The van der Waals surface area contributed by atoms with Gasteiger partial charge in [-0.05, 0) is 61.7 Å². The molecule has 0 radical (unpaired) electrons. The van der Waals surface area contributed by atoms with E-state index < -0.39 is 0 Å². The number of methoxy groups -OCH3 is 2. The minimum absolute atomic E-state index is 0.134. The van der Waals surface area contributed by atoms with Gasteiger partial charge in [-0.2, -0.15) is 0 Å². The molecule has 1 heterocycles. The van der Waals surface area contributed by atoms with Gasteiger partial charge in [0.2, 0.25) is 5.91 Å². The molecule has 162 valence electrons. The maximum Gasteiger partial charge on any atom is 0.243 e. The average Bonchev–Trinajstić information content (AvgIpc) is 2.75. The molecule has 0 bridgehead atoms. The Morgan fingerprint density at radius 2 is 1.77 bits per heavy atom. The predicted octanol–water partition coefficient (Wildman–Crippen LogP) is 4.77. The van der Waals surface area contributed by atoms with Gasteiger partial charge in [-0.25, -0.2) is 0 Å². The van der Waals surface area contributed by atoms with Gasteiger partial charge in [0.15, 0.2) is 0 Å². The lowest BCUT2D eigenvalue weighted by atomic mass is 9.92. The van der Waals surface area contributed by atoms with Gasteiger partial charge in [0, 0.05) is 13.2 Å². The summed E-state index contributed by atoms with van der Waals surface area (Å²) in [5.74, 6) is 1.25. The number of nitrogens with zero attached hydrogens (tertiary/aromatic N) is 2. The summed E-state index contributed by atoms with van der Waals surface area (Å²) in [6.07, 6.45) is 3.29. The van der Waals surface area contributed by atoms with E-state index in [4.69, 9.17) is 9.47 Å². The van der Waals surface area contributed by atoms with Crippen molar-refractivity contribution < 1.29 is 14.3 Å². The van der Waals surface area contributed by atoms with Crippen LogP contribution in [0.1, 0.15) is 16.7 Å². The van der Waals surface area contributed by atoms with Crippen molar-refractivity contribution in [1.82, 2.24) is 4.98 Å². The Kier molecular flexibility index (Phi) is 6.80. The number of hydrogen-bond donors (Lipinski definition) is 1. The van der Waals surface area contributed by atoms with Crippen LogP contribution in [0, 0.1) is 20.8 Å². The van der Waals surface area contributed by atoms with E-state index in [0.717, 1.165) is 33.7 Å². The third-order valence-electron chi connectivity index (χ3n) is 5.33. The Morgan fingerprint density at radius 3 is 2.42 bits per heavy atom. The van der Waals surface area contributed by atoms with Crippen LogP contribution in [0.2, 0.25) is 0 Å². The van der Waals surface area contributed by atoms with Crippen LogP contribution in [0.4, 0.5) is 11.4 Å². The molecule has 2 aromatic carbocycles. The fourth-order valence-electron chi connectivity index (χ4n) is 3.76. The summed E-state index contributed by atoms with van der Waals surface area (Å²) in [4.78, 5) is 18.6. The van der Waals surface area contributed by atoms with E-state index >= 15 is 0 Å². The van der Waals surface area contributed by atoms with E-state index in [1.807, 2.05) is 24.1 Å². The molecule has 6 heteroatoms. The Hall–Kier alpha value is -3.54. The summed E-state index contributed by atoms with van der Waals surface area (Å²) >= 11 is 0. The largest absolute Gasteiger partial charge is 0.496 e. The van der Waals surface area contributed by atoms with Gasteiger partial charge >= 0.3 is 0 Å². The van der Waals surface area contributed by atoms with Crippen LogP contribution < -0.4 is 19.7 Å². The van der Waals surface area contributed by atoms with Gasteiger partial charge in [-0.15, -0.1) is 0 Å². The second-order valence-corrected chi connectivity index (χ2v) is 7.59. The van der Waals surface area contributed by atoms with Crippen molar-refractivity contribution >= 4 is 17.3 Å². The van der Waals surface area contributed by atoms with Crippen molar-refractivity contribution in [2.24, 2.45) is 0 Å². The van der Waals surface area contributed by atoms with E-state index in [1.165, 1.54) is 5.56 Å². The smallest absolute Gasteiger partial charge is 0.243 e. The fourth-order valence-corrected chi connectivity index (χ4v) is 3.76. The molecule has 0 atom stereocenters. The van der Waals surface area contributed by atoms with Gasteiger partial charge in [-0.1, -0.05) is 17.7 Å². The standard InChI is InChI=1S/C25H29N3O3/c1-16-12-17(2)18(3)20(13-16)24-21(30-5)9-10-22(31-6)25(24)28(4)15-23(29)27-19-8-7-11-26-14-19/h7-14H,15H2,1-6H3,(H,27,29). The van der Waals surface area contributed by atoms with Crippen molar-refractivity contribution in [3.05, 3.63) is 65.5 Å². The Labute approximate surface area is 183 Å². The van der Waals surface area contributed by atoms with Gasteiger partial charge in [0.05, 0.1) is 43.9 Å². The third-order valence-corrected chi connectivity index (χ3v) is 5.33. The zero-order chi connectivity index (χ0) is 22.5. The molecule has 0 aliphatic rings. The highest BCUT2D eigenvalue weighted by atomic mass is 16.5. The van der Waals surface area contributed by atoms with Gasteiger partial charge in [0.1, 0.15) is 11.5 Å². The van der Waals surface area contributed by atoms with Crippen LogP contribution in [0.15, 0.2) is 48.8 Å². The molecule has 3 aromatic rings. The molecule has 0 aliphatic heterocycles. The Morgan fingerprint density at radius 1 is 1.06 bits per heavy atom. The van der Waals surface area contributed by atoms with Gasteiger partial charge < -0.3 is 19.7 Å². The first-order chi connectivity index (χ1) is 14.8. The highest BCUT2D eigenvalue weighted by molar-refractivity contribution is 5.96. The molecule has 0 aliphatic carbocycles. The molecule has 3 rings (SSSR count). The lowest BCUT2D eigenvalue weighted by Crippen LogP contribution is -2.30. The van der Waals surface area contributed by atoms with Crippen molar-refractivity contribution in [2.45, 2.75) is 20.8 Å². The molecule has 0 fully saturated rings. The zero-order valence-corrected chi connectivity index (χ0v) is 18.9. The van der Waals surface area contributed by atoms with Crippen LogP contribution in [0.5, 0.6) is 11.5 Å². The lowest BCUT2D eigenvalue weighted by Gasteiger charge is -2.27. The molecule has 0 unspecified atom stereocenters. The molecule has 31 heavy (non-hydrogen) atoms. The molecular weight excluding hydrogens is 390 g/mol. The number of likely N-dealkylation sites (N-methyl/N-ethyl adjacent to an activating group) is 1. The quantitative estimate of drug-likeness (QED) is 0.598. The first-order valence-electron chi connectivity index (χ1n) is 10.1. The number of pyridine rings is 1. The number of hydrogen-bond acceptors (Lipinski definition) is 5. The lowest BCUT2D eigenvalue weighted by molar-refractivity contribution is -0.114. The number of amides is 1. The fraction of sp³-hybridized carbons (Fsp3) is 0.280. The number of carbonyl (C=O) groups excluding carboxylic acids is 1. The van der Waals surface area contributed by atoms with Crippen molar-refractivity contribution in [2.75, 3.05) is 38.0 Å². The van der Waals surface area contributed by atoms with E-state index in [9.17, 15) is 4.79 Å². The second-order valence-electron chi connectivity index (χ2n) is 7.59. The van der Waals surface area contributed by atoms with Crippen LogP contribution in [-0.2, 0) is 4.79 Å². The minimum atomic E-state index is -0.150. The molecule has 0 spiro atoms. The van der Waals surface area contributed by atoms with E-state index in [2.05, 4.69) is 43.2 Å². The first kappa shape index (κ1) is 22.2. The van der Waals surface area contributed by atoms with Crippen LogP contribution in [0.3, 0.4) is 0 Å². The number of ether oxygens (including phenoxy) is 2. The monoisotopic (exact) mass is 419 g/mol. The third kappa shape index (κ3) is 4.79. The van der Waals surface area contributed by atoms with Gasteiger partial charge in [-0.3, -0.25) is 9.78 Å². The zero-order valence-electron chi connectivity index (χ0n) is 18.9. The SMILES string of the molecule is COc1ccc(OC)c(N(C)CC(=O)Nc2cccnc2)c1-c1cc(C)cc(C)c1C. The number of aryl methyl sites for hydroxylation is 2. The minimum Gasteiger partial charge on any atom is -0.496 e. The van der Waals surface area contributed by atoms with Crippen molar-refractivity contribution in [3.8, 4) is 22.6 Å². The molecule has 0 saturated heterocycles. The summed E-state index contributed by atoms with van der Waals surface area (Å²) in [5.41, 5.74) is 6.94. The van der Waals surface area contributed by atoms with Crippen LogP contribution in [0.25, 0.3) is 11.1 Å². The highest BCUT2D eigenvalue weighted by Crippen LogP contribution is 2.46. The van der Waals surface area contributed by atoms with E-state index in [-0.39, 0.29) is 12.5 Å². The maximum absolute atomic E-state index is 12.7. The van der Waals surface area contributed by atoms with Crippen LogP contribution in [-0.4, -0.2) is 38.7 Å². The van der Waals surface area contributed by atoms with Crippen LogP contribution >= 0.6 is 0 Å². The number of benzene rings is 2. The number of carbonyl (C=O) groups is 1. The maximum atomic E-state index is 12.7. The van der Waals surface area contributed by atoms with Crippen molar-refractivity contribution in [3.63, 3.8) is 0 Å².